The van der Waals surface area contributed by atoms with Gasteiger partial charge in [-0.1, -0.05) is 24.3 Å². The number of aromatic nitrogens is 4. The first-order valence-corrected chi connectivity index (χ1v) is 10.1. The first kappa shape index (κ1) is 20.4. The van der Waals surface area contributed by atoms with E-state index in [2.05, 4.69) is 25.3 Å². The Bertz CT molecular complexity index is 987. The molecule has 6 nitrogen and oxygen atoms in total. The molecule has 0 saturated carbocycles. The van der Waals surface area contributed by atoms with E-state index < -0.39 is 0 Å². The molecule has 0 radical (unpaired) electrons. The maximum absolute atomic E-state index is 14.2. The van der Waals surface area contributed by atoms with Crippen LogP contribution in [0.1, 0.15) is 38.2 Å². The highest BCUT2D eigenvalue weighted by atomic mass is 19.1. The summed E-state index contributed by atoms with van der Waals surface area (Å²) in [6, 6.07) is 13.1. The SMILES string of the molecule is CC(C)(C)n1nnnc1[C@@H](c1ccc(F)cc1)N1CCN(c2ccccc2F)CC1. The monoisotopic (exact) mass is 412 g/mol. The number of rotatable bonds is 4. The van der Waals surface area contributed by atoms with Gasteiger partial charge in [-0.25, -0.2) is 13.5 Å². The van der Waals surface area contributed by atoms with Crippen molar-refractivity contribution in [2.24, 2.45) is 0 Å². The lowest BCUT2D eigenvalue weighted by molar-refractivity contribution is 0.191. The van der Waals surface area contributed by atoms with Crippen molar-refractivity contribution in [1.29, 1.82) is 0 Å². The van der Waals surface area contributed by atoms with Crippen LogP contribution in [0.2, 0.25) is 0 Å². The molecule has 158 valence electrons. The second kappa shape index (κ2) is 8.10. The Kier molecular flexibility index (Phi) is 5.51. The van der Waals surface area contributed by atoms with Crippen molar-refractivity contribution in [1.82, 2.24) is 25.1 Å². The molecule has 4 rings (SSSR count). The molecule has 0 spiro atoms. The minimum atomic E-state index is -0.300. The van der Waals surface area contributed by atoms with Gasteiger partial charge in [-0.2, -0.15) is 0 Å². The summed E-state index contributed by atoms with van der Waals surface area (Å²) in [5.74, 6) is 0.225. The van der Waals surface area contributed by atoms with Crippen LogP contribution in [0, 0.1) is 11.6 Å². The van der Waals surface area contributed by atoms with Crippen molar-refractivity contribution in [3.8, 4) is 0 Å². The van der Waals surface area contributed by atoms with Crippen LogP contribution < -0.4 is 4.90 Å². The zero-order chi connectivity index (χ0) is 21.3. The standard InChI is InChI=1S/C22H26F2N6/c1-22(2,3)30-21(25-26-27-30)20(16-8-10-17(23)11-9-16)29-14-12-28(13-15-29)19-7-5-4-6-18(19)24/h4-11,20H,12-15H2,1-3H3/t20-/m1/s1. The smallest absolute Gasteiger partial charge is 0.173 e. The van der Waals surface area contributed by atoms with Crippen LogP contribution in [0.4, 0.5) is 14.5 Å². The second-order valence-electron chi connectivity index (χ2n) is 8.55. The van der Waals surface area contributed by atoms with Gasteiger partial charge in [-0.05, 0) is 61.0 Å². The third-order valence-corrected chi connectivity index (χ3v) is 5.43. The molecule has 3 aromatic rings. The molecule has 2 heterocycles. The number of anilines is 1. The number of benzene rings is 2. The molecule has 1 atom stereocenters. The quantitative estimate of drug-likeness (QED) is 0.655. The molecule has 0 unspecified atom stereocenters. The van der Waals surface area contributed by atoms with Crippen LogP contribution in [0.15, 0.2) is 48.5 Å². The summed E-state index contributed by atoms with van der Waals surface area (Å²) in [7, 11) is 0. The number of hydrogen-bond donors (Lipinski definition) is 0. The molecule has 0 N–H and O–H groups in total. The number of halogens is 2. The Hall–Kier alpha value is -2.87. The zero-order valence-electron chi connectivity index (χ0n) is 17.5. The molecule has 30 heavy (non-hydrogen) atoms. The first-order valence-electron chi connectivity index (χ1n) is 10.1. The van der Waals surface area contributed by atoms with Gasteiger partial charge in [0.05, 0.1) is 17.3 Å². The molecule has 0 bridgehead atoms. The van der Waals surface area contributed by atoms with Crippen molar-refractivity contribution < 1.29 is 8.78 Å². The summed E-state index contributed by atoms with van der Waals surface area (Å²) in [5, 5.41) is 12.5. The Labute approximate surface area is 175 Å². The summed E-state index contributed by atoms with van der Waals surface area (Å²) < 4.78 is 29.6. The molecule has 1 aliphatic rings. The molecular weight excluding hydrogens is 386 g/mol. The van der Waals surface area contributed by atoms with Crippen LogP contribution in [-0.2, 0) is 5.54 Å². The second-order valence-corrected chi connectivity index (χ2v) is 8.55. The lowest BCUT2D eigenvalue weighted by Crippen LogP contribution is -2.49. The predicted molar refractivity (Wildman–Crippen MR) is 111 cm³/mol. The molecule has 8 heteroatoms. The third-order valence-electron chi connectivity index (χ3n) is 5.43. The number of nitrogens with zero attached hydrogens (tertiary/aromatic N) is 6. The molecule has 1 saturated heterocycles. The van der Waals surface area contributed by atoms with E-state index in [-0.39, 0.29) is 23.2 Å². The molecule has 1 aromatic heterocycles. The van der Waals surface area contributed by atoms with Gasteiger partial charge >= 0.3 is 0 Å². The van der Waals surface area contributed by atoms with Gasteiger partial charge in [-0.3, -0.25) is 4.90 Å². The maximum Gasteiger partial charge on any atom is 0.173 e. The van der Waals surface area contributed by atoms with Crippen LogP contribution in [0.25, 0.3) is 0 Å². The first-order chi connectivity index (χ1) is 14.3. The van der Waals surface area contributed by atoms with Crippen molar-refractivity contribution in [2.75, 3.05) is 31.1 Å². The summed E-state index contributed by atoms with van der Waals surface area (Å²) in [4.78, 5) is 4.33. The molecule has 1 aliphatic heterocycles. The summed E-state index contributed by atoms with van der Waals surface area (Å²) >= 11 is 0. The van der Waals surface area contributed by atoms with Gasteiger partial charge in [0.1, 0.15) is 11.6 Å². The number of para-hydroxylation sites is 1. The van der Waals surface area contributed by atoms with Crippen molar-refractivity contribution in [3.05, 3.63) is 71.6 Å². The average Bonchev–Trinajstić information content (AvgIpc) is 3.21. The lowest BCUT2D eigenvalue weighted by Gasteiger charge is -2.40. The summed E-state index contributed by atoms with van der Waals surface area (Å²) in [6.45, 7) is 8.90. The minimum Gasteiger partial charge on any atom is -0.367 e. The molecular formula is C22H26F2N6. The molecule has 0 amide bonds. The van der Waals surface area contributed by atoms with Crippen molar-refractivity contribution in [3.63, 3.8) is 0 Å². The number of piperazine rings is 1. The fourth-order valence-corrected chi connectivity index (χ4v) is 3.94. The Morgan fingerprint density at radius 2 is 1.57 bits per heavy atom. The van der Waals surface area contributed by atoms with E-state index in [4.69, 9.17) is 0 Å². The minimum absolute atomic E-state index is 0.210. The fourth-order valence-electron chi connectivity index (χ4n) is 3.94. The van der Waals surface area contributed by atoms with E-state index >= 15 is 0 Å². The van der Waals surface area contributed by atoms with E-state index in [1.54, 1.807) is 18.2 Å². The van der Waals surface area contributed by atoms with E-state index in [0.717, 1.165) is 5.56 Å². The van der Waals surface area contributed by atoms with E-state index in [1.165, 1.54) is 18.2 Å². The van der Waals surface area contributed by atoms with Crippen molar-refractivity contribution >= 4 is 5.69 Å². The highest BCUT2D eigenvalue weighted by molar-refractivity contribution is 5.48. The Balaban J connectivity index is 1.64. The van der Waals surface area contributed by atoms with Crippen LogP contribution >= 0.6 is 0 Å². The Morgan fingerprint density at radius 3 is 2.20 bits per heavy atom. The van der Waals surface area contributed by atoms with Gasteiger partial charge in [0.2, 0.25) is 0 Å². The van der Waals surface area contributed by atoms with Gasteiger partial charge in [0.15, 0.2) is 5.82 Å². The van der Waals surface area contributed by atoms with Crippen LogP contribution in [0.3, 0.4) is 0 Å². The summed E-state index contributed by atoms with van der Waals surface area (Å²) in [6.07, 6.45) is 0. The molecule has 1 fully saturated rings. The van der Waals surface area contributed by atoms with Gasteiger partial charge in [-0.15, -0.1) is 5.10 Å². The van der Waals surface area contributed by atoms with Gasteiger partial charge in [0.25, 0.3) is 0 Å². The molecule has 2 aromatic carbocycles. The zero-order valence-corrected chi connectivity index (χ0v) is 17.5. The highest BCUT2D eigenvalue weighted by Gasteiger charge is 2.33. The van der Waals surface area contributed by atoms with E-state index in [9.17, 15) is 8.78 Å². The maximum atomic E-state index is 14.2. The van der Waals surface area contributed by atoms with E-state index in [1.807, 2.05) is 37.6 Å². The Morgan fingerprint density at radius 1 is 0.900 bits per heavy atom. The summed E-state index contributed by atoms with van der Waals surface area (Å²) in [5.41, 5.74) is 1.25. The predicted octanol–water partition coefficient (Wildman–Crippen LogP) is 3.62. The van der Waals surface area contributed by atoms with Crippen LogP contribution in [-0.4, -0.2) is 51.3 Å². The normalized spacial score (nSPS) is 16.6. The fraction of sp³-hybridized carbons (Fsp3) is 0.409. The van der Waals surface area contributed by atoms with Crippen molar-refractivity contribution in [2.45, 2.75) is 32.4 Å². The number of hydrogen-bond acceptors (Lipinski definition) is 5. The largest absolute Gasteiger partial charge is 0.367 e. The van der Waals surface area contributed by atoms with E-state index in [0.29, 0.717) is 37.7 Å². The number of tetrazole rings is 1. The lowest BCUT2D eigenvalue weighted by atomic mass is 10.0. The molecule has 0 aliphatic carbocycles. The highest BCUT2D eigenvalue weighted by Crippen LogP contribution is 2.31. The third kappa shape index (κ3) is 4.05. The topological polar surface area (TPSA) is 50.1 Å². The average molecular weight is 412 g/mol. The van der Waals surface area contributed by atoms with Gasteiger partial charge in [0, 0.05) is 26.2 Å². The van der Waals surface area contributed by atoms with Crippen LogP contribution in [0.5, 0.6) is 0 Å². The van der Waals surface area contributed by atoms with Gasteiger partial charge < -0.3 is 4.90 Å².